The van der Waals surface area contributed by atoms with Crippen molar-refractivity contribution in [1.29, 1.82) is 0 Å². The van der Waals surface area contributed by atoms with Crippen LogP contribution < -0.4 is 0 Å². The van der Waals surface area contributed by atoms with Crippen LogP contribution in [0.3, 0.4) is 0 Å². The molecule has 0 N–H and O–H groups in total. The SMILES string of the molecule is CC(C)c1ccc(CCC(=O)C(CC=O)c2ccc(C(C)C)cc2)cc1. The highest BCUT2D eigenvalue weighted by Crippen LogP contribution is 2.25. The van der Waals surface area contributed by atoms with E-state index in [1.165, 1.54) is 16.7 Å². The van der Waals surface area contributed by atoms with Crippen molar-refractivity contribution in [3.8, 4) is 0 Å². The molecule has 0 saturated heterocycles. The zero-order valence-electron chi connectivity index (χ0n) is 16.4. The van der Waals surface area contributed by atoms with Crippen LogP contribution in [0.2, 0.25) is 0 Å². The maximum absolute atomic E-state index is 12.7. The Balaban J connectivity index is 2.04. The molecule has 2 aromatic carbocycles. The Bertz CT molecular complexity index is 709. The van der Waals surface area contributed by atoms with Gasteiger partial charge in [0.25, 0.3) is 0 Å². The number of carbonyl (C=O) groups excluding carboxylic acids is 2. The van der Waals surface area contributed by atoms with Gasteiger partial charge in [-0.05, 0) is 40.5 Å². The molecule has 1 atom stereocenters. The first kappa shape index (κ1) is 20.1. The lowest BCUT2D eigenvalue weighted by molar-refractivity contribution is -0.122. The molecule has 0 spiro atoms. The molecule has 0 aliphatic heterocycles. The molecule has 0 amide bonds. The summed E-state index contributed by atoms with van der Waals surface area (Å²) in [5.74, 6) is 0.778. The van der Waals surface area contributed by atoms with Gasteiger partial charge in [0.05, 0.1) is 0 Å². The van der Waals surface area contributed by atoms with Gasteiger partial charge in [-0.25, -0.2) is 0 Å². The van der Waals surface area contributed by atoms with Crippen molar-refractivity contribution in [1.82, 2.24) is 0 Å². The summed E-state index contributed by atoms with van der Waals surface area (Å²) in [6, 6.07) is 16.6. The Morgan fingerprint density at radius 2 is 1.27 bits per heavy atom. The average Bonchev–Trinajstić information content (AvgIpc) is 2.64. The summed E-state index contributed by atoms with van der Waals surface area (Å²) >= 11 is 0. The van der Waals surface area contributed by atoms with Crippen molar-refractivity contribution in [2.75, 3.05) is 0 Å². The van der Waals surface area contributed by atoms with Gasteiger partial charge in [0.15, 0.2) is 0 Å². The summed E-state index contributed by atoms with van der Waals surface area (Å²) in [4.78, 5) is 23.8. The Hall–Kier alpha value is -2.22. The van der Waals surface area contributed by atoms with Gasteiger partial charge >= 0.3 is 0 Å². The van der Waals surface area contributed by atoms with E-state index in [2.05, 4.69) is 64.1 Å². The molecule has 2 heteroatoms. The van der Waals surface area contributed by atoms with Gasteiger partial charge in [0.1, 0.15) is 12.1 Å². The summed E-state index contributed by atoms with van der Waals surface area (Å²) in [6.45, 7) is 8.64. The summed E-state index contributed by atoms with van der Waals surface area (Å²) < 4.78 is 0. The van der Waals surface area contributed by atoms with E-state index in [1.54, 1.807) is 0 Å². The van der Waals surface area contributed by atoms with E-state index in [1.807, 2.05) is 12.1 Å². The van der Waals surface area contributed by atoms with Crippen LogP contribution in [-0.4, -0.2) is 12.1 Å². The third-order valence-corrected chi connectivity index (χ3v) is 5.03. The van der Waals surface area contributed by atoms with Crippen LogP contribution in [0.15, 0.2) is 48.5 Å². The quantitative estimate of drug-likeness (QED) is 0.535. The lowest BCUT2D eigenvalue weighted by atomic mass is 9.87. The van der Waals surface area contributed by atoms with Gasteiger partial charge in [-0.2, -0.15) is 0 Å². The minimum absolute atomic E-state index is 0.141. The van der Waals surface area contributed by atoms with Gasteiger partial charge in [0.2, 0.25) is 0 Å². The molecule has 2 nitrogen and oxygen atoms in total. The molecule has 0 heterocycles. The smallest absolute Gasteiger partial charge is 0.141 e. The fraction of sp³-hybridized carbons (Fsp3) is 0.417. The minimum atomic E-state index is -0.330. The molecule has 0 saturated carbocycles. The van der Waals surface area contributed by atoms with Crippen LogP contribution in [0.1, 0.15) is 80.5 Å². The summed E-state index contributed by atoms with van der Waals surface area (Å²) in [5, 5.41) is 0. The molecule has 2 aromatic rings. The van der Waals surface area contributed by atoms with E-state index in [-0.39, 0.29) is 18.1 Å². The summed E-state index contributed by atoms with van der Waals surface area (Å²) in [6.07, 6.45) is 2.30. The number of carbonyl (C=O) groups is 2. The maximum atomic E-state index is 12.7. The van der Waals surface area contributed by atoms with Gasteiger partial charge in [-0.3, -0.25) is 4.79 Å². The average molecular weight is 351 g/mol. The molecular weight excluding hydrogens is 320 g/mol. The lowest BCUT2D eigenvalue weighted by Crippen LogP contribution is -2.14. The van der Waals surface area contributed by atoms with Crippen molar-refractivity contribution >= 4 is 12.1 Å². The van der Waals surface area contributed by atoms with Gasteiger partial charge in [-0.15, -0.1) is 0 Å². The largest absolute Gasteiger partial charge is 0.303 e. The second kappa shape index (κ2) is 9.47. The van der Waals surface area contributed by atoms with Crippen molar-refractivity contribution in [3.05, 3.63) is 70.8 Å². The van der Waals surface area contributed by atoms with E-state index >= 15 is 0 Å². The molecule has 0 aromatic heterocycles. The fourth-order valence-electron chi connectivity index (χ4n) is 3.17. The molecule has 138 valence electrons. The van der Waals surface area contributed by atoms with E-state index < -0.39 is 0 Å². The van der Waals surface area contributed by atoms with Crippen molar-refractivity contribution in [3.63, 3.8) is 0 Å². The number of Topliss-reactive ketones (excluding diaryl/α,β-unsaturated/α-hetero) is 1. The Kier molecular flexibility index (Phi) is 7.32. The van der Waals surface area contributed by atoms with E-state index in [4.69, 9.17) is 0 Å². The highest BCUT2D eigenvalue weighted by molar-refractivity contribution is 5.88. The van der Waals surface area contributed by atoms with Crippen LogP contribution in [0.5, 0.6) is 0 Å². The molecule has 0 aliphatic carbocycles. The zero-order chi connectivity index (χ0) is 19.1. The Labute approximate surface area is 157 Å². The summed E-state index contributed by atoms with van der Waals surface area (Å²) in [7, 11) is 0. The first-order chi connectivity index (χ1) is 12.4. The highest BCUT2D eigenvalue weighted by Gasteiger charge is 2.20. The maximum Gasteiger partial charge on any atom is 0.141 e. The van der Waals surface area contributed by atoms with Crippen molar-refractivity contribution < 1.29 is 9.59 Å². The second-order valence-electron chi connectivity index (χ2n) is 7.64. The number of ketones is 1. The van der Waals surface area contributed by atoms with Crippen molar-refractivity contribution in [2.24, 2.45) is 0 Å². The summed E-state index contributed by atoms with van der Waals surface area (Å²) in [5.41, 5.74) is 4.67. The number of aryl methyl sites for hydroxylation is 1. The Morgan fingerprint density at radius 3 is 1.73 bits per heavy atom. The highest BCUT2D eigenvalue weighted by atomic mass is 16.1. The first-order valence-electron chi connectivity index (χ1n) is 9.57. The molecule has 0 bridgehead atoms. The third kappa shape index (κ3) is 5.39. The predicted molar refractivity (Wildman–Crippen MR) is 108 cm³/mol. The number of benzene rings is 2. The fourth-order valence-corrected chi connectivity index (χ4v) is 3.17. The van der Waals surface area contributed by atoms with Gasteiger partial charge in [0, 0.05) is 18.8 Å². The van der Waals surface area contributed by atoms with E-state index in [9.17, 15) is 9.59 Å². The number of hydrogen-bond donors (Lipinski definition) is 0. The van der Waals surface area contributed by atoms with Crippen LogP contribution in [-0.2, 0) is 16.0 Å². The topological polar surface area (TPSA) is 34.1 Å². The minimum Gasteiger partial charge on any atom is -0.303 e. The van der Waals surface area contributed by atoms with E-state index in [0.29, 0.717) is 18.3 Å². The van der Waals surface area contributed by atoms with Crippen LogP contribution in [0, 0.1) is 0 Å². The lowest BCUT2D eigenvalue weighted by Gasteiger charge is -2.15. The molecular formula is C24H30O2. The number of aldehydes is 1. The zero-order valence-corrected chi connectivity index (χ0v) is 16.4. The van der Waals surface area contributed by atoms with Crippen LogP contribution in [0.25, 0.3) is 0 Å². The van der Waals surface area contributed by atoms with Gasteiger partial charge < -0.3 is 4.79 Å². The first-order valence-corrected chi connectivity index (χ1v) is 9.57. The van der Waals surface area contributed by atoms with Crippen LogP contribution in [0.4, 0.5) is 0 Å². The van der Waals surface area contributed by atoms with Gasteiger partial charge in [-0.1, -0.05) is 76.2 Å². The second-order valence-corrected chi connectivity index (χ2v) is 7.64. The third-order valence-electron chi connectivity index (χ3n) is 5.03. The molecule has 0 radical (unpaired) electrons. The monoisotopic (exact) mass is 350 g/mol. The van der Waals surface area contributed by atoms with Crippen molar-refractivity contribution in [2.45, 2.75) is 64.7 Å². The molecule has 1 unspecified atom stereocenters. The van der Waals surface area contributed by atoms with E-state index in [0.717, 1.165) is 18.3 Å². The molecule has 0 fully saturated rings. The molecule has 2 rings (SSSR count). The number of rotatable bonds is 9. The molecule has 0 aliphatic rings. The standard InChI is InChI=1S/C24H30O2/c1-17(2)20-8-5-19(6-9-20)7-14-24(26)23(15-16-25)22-12-10-21(11-13-22)18(3)4/h5-6,8-13,16-18,23H,7,14-15H2,1-4H3. The molecule has 26 heavy (non-hydrogen) atoms. The normalized spacial score (nSPS) is 12.4. The van der Waals surface area contributed by atoms with Crippen LogP contribution >= 0.6 is 0 Å². The number of hydrogen-bond acceptors (Lipinski definition) is 2. The predicted octanol–water partition coefficient (Wildman–Crippen LogP) is 5.81. The Morgan fingerprint density at radius 1 is 0.808 bits per heavy atom.